The summed E-state index contributed by atoms with van der Waals surface area (Å²) < 4.78 is 50.4. The molecule has 1 fully saturated rings. The molecule has 24 heavy (non-hydrogen) atoms. The monoisotopic (exact) mass is 379 g/mol. The van der Waals surface area contributed by atoms with E-state index in [0.717, 1.165) is 0 Å². The van der Waals surface area contributed by atoms with Crippen molar-refractivity contribution in [3.05, 3.63) is 28.5 Å². The summed E-state index contributed by atoms with van der Waals surface area (Å²) in [5.41, 5.74) is -0.312. The van der Waals surface area contributed by atoms with E-state index >= 15 is 0 Å². The van der Waals surface area contributed by atoms with Crippen LogP contribution in [0.25, 0.3) is 0 Å². The zero-order valence-corrected chi connectivity index (χ0v) is 14.8. The van der Waals surface area contributed by atoms with E-state index in [0.29, 0.717) is 26.1 Å². The molecule has 1 saturated heterocycles. The molecule has 9 heteroatoms. The SMILES string of the molecule is COc1cc(Cl)c(F)c(C(=O)CNS(=O)(=O)CC2CCOCC2)c1. The van der Waals surface area contributed by atoms with Crippen LogP contribution in [0, 0.1) is 11.7 Å². The van der Waals surface area contributed by atoms with Crippen molar-refractivity contribution < 1.29 is 27.1 Å². The number of nitrogens with one attached hydrogen (secondary N) is 1. The summed E-state index contributed by atoms with van der Waals surface area (Å²) in [5.74, 6) is -1.48. The Labute approximate surface area is 145 Å². The molecule has 1 aromatic rings. The highest BCUT2D eigenvalue weighted by Gasteiger charge is 2.23. The second kappa shape index (κ2) is 8.24. The quantitative estimate of drug-likeness (QED) is 0.733. The maximum atomic E-state index is 14.0. The van der Waals surface area contributed by atoms with Crippen molar-refractivity contribution in [1.82, 2.24) is 4.72 Å². The molecule has 0 radical (unpaired) electrons. The average Bonchev–Trinajstić information content (AvgIpc) is 2.55. The fraction of sp³-hybridized carbons (Fsp3) is 0.533. The Morgan fingerprint density at radius 3 is 2.71 bits per heavy atom. The number of hydrogen-bond acceptors (Lipinski definition) is 5. The molecule has 0 bridgehead atoms. The summed E-state index contributed by atoms with van der Waals surface area (Å²) in [6.07, 6.45) is 1.32. The lowest BCUT2D eigenvalue weighted by molar-refractivity contribution is 0.0722. The number of benzene rings is 1. The lowest BCUT2D eigenvalue weighted by Gasteiger charge is -2.21. The van der Waals surface area contributed by atoms with E-state index < -0.39 is 28.2 Å². The van der Waals surface area contributed by atoms with Gasteiger partial charge in [0.15, 0.2) is 11.6 Å². The van der Waals surface area contributed by atoms with Crippen LogP contribution in [-0.4, -0.2) is 46.8 Å². The summed E-state index contributed by atoms with van der Waals surface area (Å²) in [4.78, 5) is 12.1. The molecule has 0 aromatic heterocycles. The average molecular weight is 380 g/mol. The number of halogens is 2. The number of hydrogen-bond donors (Lipinski definition) is 1. The standard InChI is InChI=1S/C15H19ClFNO5S/c1-22-11-6-12(15(17)13(16)7-11)14(19)8-18-24(20,21)9-10-2-4-23-5-3-10/h6-7,10,18H,2-5,8-9H2,1H3. The van der Waals surface area contributed by atoms with Gasteiger partial charge in [0.05, 0.1) is 30.0 Å². The van der Waals surface area contributed by atoms with Gasteiger partial charge < -0.3 is 9.47 Å². The van der Waals surface area contributed by atoms with Gasteiger partial charge in [0.25, 0.3) is 0 Å². The first-order valence-electron chi connectivity index (χ1n) is 7.43. The number of Topliss-reactive ketones (excluding diaryl/α,β-unsaturated/α-hetero) is 1. The fourth-order valence-electron chi connectivity index (χ4n) is 2.44. The van der Waals surface area contributed by atoms with Crippen LogP contribution in [-0.2, 0) is 14.8 Å². The predicted molar refractivity (Wildman–Crippen MR) is 87.6 cm³/mol. The minimum Gasteiger partial charge on any atom is -0.497 e. The number of rotatable bonds is 7. The second-order valence-corrected chi connectivity index (χ2v) is 7.81. The van der Waals surface area contributed by atoms with E-state index in [2.05, 4.69) is 4.72 Å². The van der Waals surface area contributed by atoms with Gasteiger partial charge in [-0.05, 0) is 24.8 Å². The van der Waals surface area contributed by atoms with Crippen LogP contribution >= 0.6 is 11.6 Å². The van der Waals surface area contributed by atoms with Gasteiger partial charge in [-0.25, -0.2) is 17.5 Å². The molecule has 1 N–H and O–H groups in total. The van der Waals surface area contributed by atoms with Gasteiger partial charge in [-0.2, -0.15) is 0 Å². The normalized spacial score (nSPS) is 16.1. The predicted octanol–water partition coefficient (Wildman–Crippen LogP) is 2.02. The summed E-state index contributed by atoms with van der Waals surface area (Å²) in [6.45, 7) is 0.533. The third kappa shape index (κ3) is 5.14. The van der Waals surface area contributed by atoms with E-state index in [-0.39, 0.29) is 28.0 Å². The number of ketones is 1. The molecule has 1 aliphatic rings. The third-order valence-electron chi connectivity index (χ3n) is 3.79. The van der Waals surface area contributed by atoms with Crippen molar-refractivity contribution in [3.8, 4) is 5.75 Å². The Balaban J connectivity index is 2.00. The highest BCUT2D eigenvalue weighted by Crippen LogP contribution is 2.25. The van der Waals surface area contributed by atoms with Crippen molar-refractivity contribution in [2.75, 3.05) is 32.6 Å². The molecule has 0 amide bonds. The first kappa shape index (κ1) is 19.1. The number of carbonyl (C=O) groups excluding carboxylic acids is 1. The van der Waals surface area contributed by atoms with Gasteiger partial charge >= 0.3 is 0 Å². The molecule has 1 aromatic carbocycles. The number of methoxy groups -OCH3 is 1. The van der Waals surface area contributed by atoms with Gasteiger partial charge in [0, 0.05) is 19.3 Å². The van der Waals surface area contributed by atoms with Crippen LogP contribution in [0.5, 0.6) is 5.75 Å². The van der Waals surface area contributed by atoms with Crippen LogP contribution in [0.2, 0.25) is 5.02 Å². The number of carbonyl (C=O) groups is 1. The molecule has 6 nitrogen and oxygen atoms in total. The summed E-state index contributed by atoms with van der Waals surface area (Å²) in [6, 6.07) is 2.43. The van der Waals surface area contributed by atoms with Crippen molar-refractivity contribution in [2.24, 2.45) is 5.92 Å². The maximum absolute atomic E-state index is 14.0. The van der Waals surface area contributed by atoms with Crippen molar-refractivity contribution in [2.45, 2.75) is 12.8 Å². The Morgan fingerprint density at radius 2 is 2.08 bits per heavy atom. The van der Waals surface area contributed by atoms with Crippen molar-refractivity contribution >= 4 is 27.4 Å². The van der Waals surface area contributed by atoms with Gasteiger partial charge in [0.1, 0.15) is 5.75 Å². The van der Waals surface area contributed by atoms with Gasteiger partial charge in [-0.3, -0.25) is 4.79 Å². The third-order valence-corrected chi connectivity index (χ3v) is 5.56. The Bertz CT molecular complexity index is 704. The lowest BCUT2D eigenvalue weighted by Crippen LogP contribution is -2.35. The summed E-state index contributed by atoms with van der Waals surface area (Å²) in [7, 11) is -2.28. The number of sulfonamides is 1. The topological polar surface area (TPSA) is 81.7 Å². The molecule has 134 valence electrons. The molecule has 0 aliphatic carbocycles. The first-order chi connectivity index (χ1) is 11.3. The molecule has 0 unspecified atom stereocenters. The van der Waals surface area contributed by atoms with Crippen molar-refractivity contribution in [3.63, 3.8) is 0 Å². The summed E-state index contributed by atoms with van der Waals surface area (Å²) >= 11 is 5.70. The van der Waals surface area contributed by atoms with Crippen molar-refractivity contribution in [1.29, 1.82) is 0 Å². The smallest absolute Gasteiger partial charge is 0.212 e. The van der Waals surface area contributed by atoms with Crippen LogP contribution in [0.1, 0.15) is 23.2 Å². The molecule has 0 spiro atoms. The maximum Gasteiger partial charge on any atom is 0.212 e. The molecule has 1 heterocycles. The summed E-state index contributed by atoms with van der Waals surface area (Å²) in [5, 5.41) is -0.261. The lowest BCUT2D eigenvalue weighted by atomic mass is 10.0. The minimum absolute atomic E-state index is 0.00523. The highest BCUT2D eigenvalue weighted by atomic mass is 35.5. The van der Waals surface area contributed by atoms with Crippen LogP contribution < -0.4 is 9.46 Å². The molecular weight excluding hydrogens is 361 g/mol. The first-order valence-corrected chi connectivity index (χ1v) is 9.46. The zero-order chi connectivity index (χ0) is 17.7. The van der Waals surface area contributed by atoms with Gasteiger partial charge in [-0.15, -0.1) is 0 Å². The highest BCUT2D eigenvalue weighted by molar-refractivity contribution is 7.89. The molecule has 1 aliphatic heterocycles. The molecular formula is C15H19ClFNO5S. The van der Waals surface area contributed by atoms with E-state index in [1.807, 2.05) is 0 Å². The van der Waals surface area contributed by atoms with E-state index in [9.17, 15) is 17.6 Å². The minimum atomic E-state index is -3.64. The zero-order valence-electron chi connectivity index (χ0n) is 13.2. The molecule has 2 rings (SSSR count). The van der Waals surface area contributed by atoms with E-state index in [1.54, 1.807) is 0 Å². The fourth-order valence-corrected chi connectivity index (χ4v) is 4.07. The Kier molecular flexibility index (Phi) is 6.56. The van der Waals surface area contributed by atoms with Crippen LogP contribution in [0.15, 0.2) is 12.1 Å². The Hall–Kier alpha value is -1.22. The second-order valence-electron chi connectivity index (χ2n) is 5.55. The number of ether oxygens (including phenoxy) is 2. The van der Waals surface area contributed by atoms with E-state index in [4.69, 9.17) is 21.1 Å². The van der Waals surface area contributed by atoms with Gasteiger partial charge in [-0.1, -0.05) is 11.6 Å². The van der Waals surface area contributed by atoms with Gasteiger partial charge in [0.2, 0.25) is 10.0 Å². The van der Waals surface area contributed by atoms with Crippen LogP contribution in [0.4, 0.5) is 4.39 Å². The largest absolute Gasteiger partial charge is 0.497 e. The van der Waals surface area contributed by atoms with E-state index in [1.165, 1.54) is 19.2 Å². The van der Waals surface area contributed by atoms with Crippen LogP contribution in [0.3, 0.4) is 0 Å². The molecule has 0 saturated carbocycles. The molecule has 0 atom stereocenters. The Morgan fingerprint density at radius 1 is 1.42 bits per heavy atom.